The van der Waals surface area contributed by atoms with Crippen molar-refractivity contribution in [1.82, 2.24) is 4.90 Å². The van der Waals surface area contributed by atoms with Crippen molar-refractivity contribution in [1.29, 1.82) is 0 Å². The van der Waals surface area contributed by atoms with Crippen molar-refractivity contribution in [2.75, 3.05) is 20.6 Å². The van der Waals surface area contributed by atoms with Gasteiger partial charge in [-0.3, -0.25) is 9.59 Å². The summed E-state index contributed by atoms with van der Waals surface area (Å²) in [4.78, 5) is 25.7. The fraction of sp³-hybridized carbons (Fsp3) is 0.333. The van der Waals surface area contributed by atoms with Crippen LogP contribution in [-0.4, -0.2) is 37.1 Å². The van der Waals surface area contributed by atoms with Crippen LogP contribution in [0.1, 0.15) is 18.9 Å². The van der Waals surface area contributed by atoms with E-state index in [1.54, 1.807) is 18.2 Å². The first-order valence-corrected chi connectivity index (χ1v) is 6.93. The van der Waals surface area contributed by atoms with Crippen molar-refractivity contribution in [3.63, 3.8) is 0 Å². The fourth-order valence-corrected chi connectivity index (χ4v) is 2.14. The standard InChI is InChI=1S/C15H17Cl2NO2/c1-10(19)11(15(20)7-8-18(2)3)9-12-13(16)5-4-6-14(12)17/h4-6,9H,7-8H2,1-3H3. The van der Waals surface area contributed by atoms with Crippen LogP contribution in [0.25, 0.3) is 6.08 Å². The summed E-state index contributed by atoms with van der Waals surface area (Å²) in [6.07, 6.45) is 1.76. The van der Waals surface area contributed by atoms with Crippen molar-refractivity contribution in [3.8, 4) is 0 Å². The summed E-state index contributed by atoms with van der Waals surface area (Å²) in [6.45, 7) is 1.95. The van der Waals surface area contributed by atoms with Gasteiger partial charge in [-0.1, -0.05) is 29.3 Å². The van der Waals surface area contributed by atoms with Gasteiger partial charge in [-0.2, -0.15) is 0 Å². The first-order valence-electron chi connectivity index (χ1n) is 6.17. The summed E-state index contributed by atoms with van der Waals surface area (Å²) in [5.41, 5.74) is 0.626. The molecule has 0 aliphatic heterocycles. The summed E-state index contributed by atoms with van der Waals surface area (Å²) in [5, 5.41) is 0.827. The van der Waals surface area contributed by atoms with Crippen LogP contribution in [0.2, 0.25) is 10.0 Å². The van der Waals surface area contributed by atoms with Crippen molar-refractivity contribution in [3.05, 3.63) is 39.4 Å². The van der Waals surface area contributed by atoms with Crippen molar-refractivity contribution in [2.24, 2.45) is 0 Å². The number of Topliss-reactive ketones (excluding diaryl/α,β-unsaturated/α-hetero) is 2. The van der Waals surface area contributed by atoms with Gasteiger partial charge >= 0.3 is 0 Å². The second kappa shape index (κ2) is 7.58. The molecule has 0 radical (unpaired) electrons. The predicted octanol–water partition coefficient (Wildman–Crippen LogP) is 3.49. The van der Waals surface area contributed by atoms with Gasteiger partial charge in [-0.15, -0.1) is 0 Å². The number of allylic oxidation sites excluding steroid dienone is 1. The quantitative estimate of drug-likeness (QED) is 0.458. The van der Waals surface area contributed by atoms with E-state index in [2.05, 4.69) is 0 Å². The lowest BCUT2D eigenvalue weighted by molar-refractivity contribution is -0.120. The molecule has 0 saturated heterocycles. The summed E-state index contributed by atoms with van der Waals surface area (Å²) in [5.74, 6) is -0.494. The van der Waals surface area contributed by atoms with Gasteiger partial charge < -0.3 is 4.90 Å². The number of carbonyl (C=O) groups is 2. The van der Waals surface area contributed by atoms with Crippen molar-refractivity contribution in [2.45, 2.75) is 13.3 Å². The average Bonchev–Trinajstić information content (AvgIpc) is 2.35. The number of benzene rings is 1. The molecular formula is C15H17Cl2NO2. The van der Waals surface area contributed by atoms with Gasteiger partial charge in [0.15, 0.2) is 11.6 Å². The Morgan fingerprint density at radius 3 is 2.20 bits per heavy atom. The third-order valence-corrected chi connectivity index (χ3v) is 3.41. The SMILES string of the molecule is CC(=O)C(=Cc1c(Cl)cccc1Cl)C(=O)CCN(C)C. The molecule has 1 rings (SSSR count). The van der Waals surface area contributed by atoms with E-state index in [9.17, 15) is 9.59 Å². The molecule has 20 heavy (non-hydrogen) atoms. The summed E-state index contributed by atoms with van der Waals surface area (Å²) in [7, 11) is 3.74. The van der Waals surface area contributed by atoms with E-state index in [1.165, 1.54) is 13.0 Å². The average molecular weight is 314 g/mol. The van der Waals surface area contributed by atoms with Crippen LogP contribution in [-0.2, 0) is 9.59 Å². The van der Waals surface area contributed by atoms with E-state index < -0.39 is 0 Å². The zero-order chi connectivity index (χ0) is 15.3. The lowest BCUT2D eigenvalue weighted by atomic mass is 10.0. The Labute approximate surface area is 129 Å². The number of halogens is 2. The maximum absolute atomic E-state index is 12.1. The van der Waals surface area contributed by atoms with Crippen molar-refractivity contribution < 1.29 is 9.59 Å². The first kappa shape index (κ1) is 16.9. The summed E-state index contributed by atoms with van der Waals surface area (Å²) < 4.78 is 0. The van der Waals surface area contributed by atoms with Crippen LogP contribution >= 0.6 is 23.2 Å². The highest BCUT2D eigenvalue weighted by molar-refractivity contribution is 6.37. The summed E-state index contributed by atoms with van der Waals surface area (Å²) >= 11 is 12.1. The molecular weight excluding hydrogens is 297 g/mol. The lowest BCUT2D eigenvalue weighted by Gasteiger charge is -2.10. The van der Waals surface area contributed by atoms with E-state index in [-0.39, 0.29) is 23.6 Å². The van der Waals surface area contributed by atoms with Gasteiger partial charge in [0.25, 0.3) is 0 Å². The molecule has 0 bridgehead atoms. The Kier molecular flexibility index (Phi) is 6.40. The second-order valence-corrected chi connectivity index (χ2v) is 5.54. The van der Waals surface area contributed by atoms with E-state index in [0.29, 0.717) is 22.2 Å². The molecule has 1 aromatic carbocycles. The molecule has 0 spiro atoms. The largest absolute Gasteiger partial charge is 0.309 e. The highest BCUT2D eigenvalue weighted by atomic mass is 35.5. The first-order chi connectivity index (χ1) is 9.32. The number of rotatable bonds is 6. The Morgan fingerprint density at radius 1 is 1.20 bits per heavy atom. The molecule has 1 aromatic rings. The minimum atomic E-state index is -0.287. The molecule has 0 aliphatic carbocycles. The maximum Gasteiger partial charge on any atom is 0.167 e. The van der Waals surface area contributed by atoms with Gasteiger partial charge in [0.2, 0.25) is 0 Å². The third kappa shape index (κ3) is 4.75. The highest BCUT2D eigenvalue weighted by Crippen LogP contribution is 2.27. The van der Waals surface area contributed by atoms with Gasteiger partial charge in [0.1, 0.15) is 0 Å². The number of hydrogen-bond donors (Lipinski definition) is 0. The Bertz CT molecular complexity index is 531. The van der Waals surface area contributed by atoms with E-state index in [0.717, 1.165) is 0 Å². The second-order valence-electron chi connectivity index (χ2n) is 4.73. The molecule has 0 aromatic heterocycles. The predicted molar refractivity (Wildman–Crippen MR) is 83.3 cm³/mol. The monoisotopic (exact) mass is 313 g/mol. The molecule has 5 heteroatoms. The molecule has 0 saturated carbocycles. The molecule has 0 atom stereocenters. The van der Waals surface area contributed by atoms with Gasteiger partial charge in [-0.25, -0.2) is 0 Å². The number of hydrogen-bond acceptors (Lipinski definition) is 3. The Balaban J connectivity index is 3.11. The van der Waals surface area contributed by atoms with Crippen LogP contribution in [0.5, 0.6) is 0 Å². The van der Waals surface area contributed by atoms with Gasteiger partial charge in [-0.05, 0) is 39.2 Å². The van der Waals surface area contributed by atoms with Crippen LogP contribution in [0.4, 0.5) is 0 Å². The third-order valence-electron chi connectivity index (χ3n) is 2.75. The van der Waals surface area contributed by atoms with E-state index in [4.69, 9.17) is 23.2 Å². The Hall–Kier alpha value is -1.16. The molecule has 108 valence electrons. The Morgan fingerprint density at radius 2 is 1.75 bits per heavy atom. The van der Waals surface area contributed by atoms with E-state index >= 15 is 0 Å². The molecule has 0 amide bonds. The molecule has 0 unspecified atom stereocenters. The smallest absolute Gasteiger partial charge is 0.167 e. The van der Waals surface area contributed by atoms with Gasteiger partial charge in [0, 0.05) is 28.6 Å². The summed E-state index contributed by atoms with van der Waals surface area (Å²) in [6, 6.07) is 5.05. The topological polar surface area (TPSA) is 37.4 Å². The van der Waals surface area contributed by atoms with E-state index in [1.807, 2.05) is 19.0 Å². The number of carbonyl (C=O) groups excluding carboxylic acids is 2. The normalized spacial score (nSPS) is 11.8. The molecule has 0 N–H and O–H groups in total. The fourth-order valence-electron chi connectivity index (χ4n) is 1.63. The van der Waals surface area contributed by atoms with Crippen LogP contribution < -0.4 is 0 Å². The van der Waals surface area contributed by atoms with Crippen LogP contribution in [0.3, 0.4) is 0 Å². The zero-order valence-electron chi connectivity index (χ0n) is 11.7. The van der Waals surface area contributed by atoms with Gasteiger partial charge in [0.05, 0.1) is 5.57 Å². The minimum absolute atomic E-state index is 0.127. The highest BCUT2D eigenvalue weighted by Gasteiger charge is 2.16. The van der Waals surface area contributed by atoms with Crippen LogP contribution in [0.15, 0.2) is 23.8 Å². The van der Waals surface area contributed by atoms with Crippen molar-refractivity contribution >= 4 is 40.8 Å². The molecule has 0 aliphatic rings. The lowest BCUT2D eigenvalue weighted by Crippen LogP contribution is -2.19. The van der Waals surface area contributed by atoms with Crippen LogP contribution in [0, 0.1) is 0 Å². The molecule has 3 nitrogen and oxygen atoms in total. The zero-order valence-corrected chi connectivity index (χ0v) is 13.3. The number of nitrogens with zero attached hydrogens (tertiary/aromatic N) is 1. The molecule has 0 fully saturated rings. The maximum atomic E-state index is 12.1. The minimum Gasteiger partial charge on any atom is -0.309 e. The molecule has 0 heterocycles. The number of ketones is 2.